The van der Waals surface area contributed by atoms with Gasteiger partial charge in [0.1, 0.15) is 0 Å². The van der Waals surface area contributed by atoms with Gasteiger partial charge in [-0.3, -0.25) is 4.55 Å². The smallest absolute Gasteiger partial charge is 0.345 e. The first-order valence-electron chi connectivity index (χ1n) is 7.65. The second kappa shape index (κ2) is 5.35. The molecule has 0 aromatic carbocycles. The third kappa shape index (κ3) is 3.23. The van der Waals surface area contributed by atoms with Crippen LogP contribution in [0.25, 0.3) is 0 Å². The SMILES string of the molecule is O=C(OCC12CC3CC(CC(O)(C3)C1)C2)C(F)C(F)S(=O)(=O)O. The maximum absolute atomic E-state index is 13.5. The lowest BCUT2D eigenvalue weighted by Crippen LogP contribution is -2.57. The van der Waals surface area contributed by atoms with E-state index in [-0.39, 0.29) is 6.61 Å². The maximum Gasteiger partial charge on any atom is 0.345 e. The zero-order valence-electron chi connectivity index (χ0n) is 12.5. The molecular formula is C14H20F2O6S. The minimum Gasteiger partial charge on any atom is -0.463 e. The average Bonchev–Trinajstić information content (AvgIpc) is 2.39. The lowest BCUT2D eigenvalue weighted by molar-refractivity contribution is -0.189. The first kappa shape index (κ1) is 17.0. The Morgan fingerprint density at radius 1 is 1.22 bits per heavy atom. The Balaban J connectivity index is 1.63. The van der Waals surface area contributed by atoms with Gasteiger partial charge >= 0.3 is 16.1 Å². The second-order valence-corrected chi connectivity index (χ2v) is 9.04. The van der Waals surface area contributed by atoms with E-state index >= 15 is 0 Å². The van der Waals surface area contributed by atoms with Crippen LogP contribution in [0.4, 0.5) is 8.78 Å². The van der Waals surface area contributed by atoms with Crippen LogP contribution in [0.2, 0.25) is 0 Å². The Morgan fingerprint density at radius 2 is 1.78 bits per heavy atom. The molecule has 0 aromatic heterocycles. The molecule has 4 rings (SSSR count). The molecule has 4 bridgehead atoms. The van der Waals surface area contributed by atoms with E-state index in [0.717, 1.165) is 32.1 Å². The molecule has 4 saturated carbocycles. The highest BCUT2D eigenvalue weighted by molar-refractivity contribution is 7.86. The molecule has 4 aliphatic carbocycles. The zero-order chi connectivity index (χ0) is 17.0. The largest absolute Gasteiger partial charge is 0.463 e. The summed E-state index contributed by atoms with van der Waals surface area (Å²) in [7, 11) is -5.30. The summed E-state index contributed by atoms with van der Waals surface area (Å²) in [6, 6.07) is 0. The highest BCUT2D eigenvalue weighted by Crippen LogP contribution is 2.61. The van der Waals surface area contributed by atoms with Crippen molar-refractivity contribution in [2.24, 2.45) is 17.3 Å². The molecule has 132 valence electrons. The standard InChI is InChI=1S/C14H20F2O6S/c15-10(11(16)23(19,20)21)12(17)22-7-13-2-8-1-9(3-13)5-14(18,4-8)6-13/h8-11,18H,1-7H2,(H,19,20,21). The molecule has 4 fully saturated rings. The number of carbonyl (C=O) groups excluding carboxylic acids is 1. The summed E-state index contributed by atoms with van der Waals surface area (Å²) in [6.45, 7) is -0.167. The van der Waals surface area contributed by atoms with Crippen LogP contribution in [0.3, 0.4) is 0 Å². The summed E-state index contributed by atoms with van der Waals surface area (Å²) in [6.07, 6.45) is 1.36. The van der Waals surface area contributed by atoms with Crippen LogP contribution < -0.4 is 0 Å². The lowest BCUT2D eigenvalue weighted by atomic mass is 9.48. The predicted octanol–water partition coefficient (Wildman–Crippen LogP) is 1.38. The topological polar surface area (TPSA) is 101 Å². The summed E-state index contributed by atoms with van der Waals surface area (Å²) in [5.41, 5.74) is -4.57. The van der Waals surface area contributed by atoms with Gasteiger partial charge in [-0.15, -0.1) is 0 Å². The number of halogens is 2. The van der Waals surface area contributed by atoms with E-state index in [9.17, 15) is 27.1 Å². The molecule has 0 spiro atoms. The fourth-order valence-electron chi connectivity index (χ4n) is 5.13. The van der Waals surface area contributed by atoms with Crippen LogP contribution in [0.15, 0.2) is 0 Å². The minimum absolute atomic E-state index is 0.167. The molecule has 0 heterocycles. The van der Waals surface area contributed by atoms with E-state index in [1.165, 1.54) is 0 Å². The summed E-state index contributed by atoms with van der Waals surface area (Å²) in [4.78, 5) is 11.5. The zero-order valence-corrected chi connectivity index (χ0v) is 13.3. The Labute approximate surface area is 132 Å². The number of carbonyl (C=O) groups is 1. The van der Waals surface area contributed by atoms with Crippen molar-refractivity contribution in [1.82, 2.24) is 0 Å². The van der Waals surface area contributed by atoms with Crippen molar-refractivity contribution in [2.45, 2.75) is 55.8 Å². The van der Waals surface area contributed by atoms with Crippen molar-refractivity contribution in [3.8, 4) is 0 Å². The molecule has 4 aliphatic rings. The van der Waals surface area contributed by atoms with Gasteiger partial charge in [-0.1, -0.05) is 0 Å². The number of alkyl halides is 2. The lowest BCUT2D eigenvalue weighted by Gasteiger charge is -2.59. The van der Waals surface area contributed by atoms with Crippen molar-refractivity contribution in [2.75, 3.05) is 6.61 Å². The van der Waals surface area contributed by atoms with E-state index in [1.807, 2.05) is 0 Å². The Bertz CT molecular complexity index is 592. The predicted molar refractivity (Wildman–Crippen MR) is 74.4 cm³/mol. The summed E-state index contributed by atoms with van der Waals surface area (Å²) >= 11 is 0. The number of rotatable bonds is 5. The summed E-state index contributed by atoms with van der Waals surface area (Å²) < 4.78 is 61.0. The first-order chi connectivity index (χ1) is 10.5. The van der Waals surface area contributed by atoms with Gasteiger partial charge in [0.2, 0.25) is 6.17 Å². The van der Waals surface area contributed by atoms with Gasteiger partial charge in [-0.25, -0.2) is 13.6 Å². The highest BCUT2D eigenvalue weighted by Gasteiger charge is 2.57. The molecule has 0 saturated heterocycles. The van der Waals surface area contributed by atoms with E-state index in [4.69, 9.17) is 9.29 Å². The number of aliphatic hydroxyl groups is 1. The highest BCUT2D eigenvalue weighted by atomic mass is 32.2. The van der Waals surface area contributed by atoms with Gasteiger partial charge in [0.15, 0.2) is 0 Å². The maximum atomic E-state index is 13.5. The van der Waals surface area contributed by atoms with Crippen molar-refractivity contribution in [1.29, 1.82) is 0 Å². The molecule has 23 heavy (non-hydrogen) atoms. The van der Waals surface area contributed by atoms with E-state index < -0.39 is 38.8 Å². The monoisotopic (exact) mass is 354 g/mol. The van der Waals surface area contributed by atoms with Gasteiger partial charge in [0.05, 0.1) is 12.2 Å². The summed E-state index contributed by atoms with van der Waals surface area (Å²) in [5.74, 6) is -0.960. The Morgan fingerprint density at radius 3 is 2.26 bits per heavy atom. The third-order valence-corrected chi connectivity index (χ3v) is 6.22. The molecule has 9 heteroatoms. The van der Waals surface area contributed by atoms with Crippen LogP contribution >= 0.6 is 0 Å². The van der Waals surface area contributed by atoms with Gasteiger partial charge < -0.3 is 9.84 Å². The van der Waals surface area contributed by atoms with Crippen molar-refractivity contribution < 1.29 is 36.4 Å². The molecular weight excluding hydrogens is 334 g/mol. The number of hydrogen-bond donors (Lipinski definition) is 2. The van der Waals surface area contributed by atoms with Crippen molar-refractivity contribution in [3.05, 3.63) is 0 Å². The normalized spacial score (nSPS) is 41.6. The quantitative estimate of drug-likeness (QED) is 0.571. The average molecular weight is 354 g/mol. The van der Waals surface area contributed by atoms with Gasteiger partial charge in [0.25, 0.3) is 5.50 Å². The molecule has 0 amide bonds. The Hall–Kier alpha value is -0.800. The summed E-state index contributed by atoms with van der Waals surface area (Å²) in [5, 5.41) is 10.6. The fraction of sp³-hybridized carbons (Fsp3) is 0.929. The third-order valence-electron chi connectivity index (χ3n) is 5.41. The molecule has 6 nitrogen and oxygen atoms in total. The van der Waals surface area contributed by atoms with Crippen LogP contribution in [0.1, 0.15) is 38.5 Å². The van der Waals surface area contributed by atoms with Crippen LogP contribution in [-0.4, -0.2) is 47.9 Å². The molecule has 0 aliphatic heterocycles. The van der Waals surface area contributed by atoms with Gasteiger partial charge in [0, 0.05) is 5.41 Å². The van der Waals surface area contributed by atoms with Crippen LogP contribution in [-0.2, 0) is 19.6 Å². The van der Waals surface area contributed by atoms with E-state index in [2.05, 4.69) is 0 Å². The van der Waals surface area contributed by atoms with Gasteiger partial charge in [-0.2, -0.15) is 8.42 Å². The van der Waals surface area contributed by atoms with Crippen LogP contribution in [0.5, 0.6) is 0 Å². The first-order valence-corrected chi connectivity index (χ1v) is 9.16. The molecule has 0 radical (unpaired) electrons. The van der Waals surface area contributed by atoms with Crippen molar-refractivity contribution in [3.63, 3.8) is 0 Å². The fourth-order valence-corrected chi connectivity index (χ4v) is 5.55. The number of esters is 1. The minimum atomic E-state index is -5.30. The Kier molecular flexibility index (Phi) is 3.97. The molecule has 2 N–H and O–H groups in total. The molecule has 4 unspecified atom stereocenters. The number of ether oxygens (including phenoxy) is 1. The van der Waals surface area contributed by atoms with Crippen molar-refractivity contribution >= 4 is 16.1 Å². The van der Waals surface area contributed by atoms with E-state index in [0.29, 0.717) is 18.3 Å². The molecule has 4 atom stereocenters. The second-order valence-electron chi connectivity index (χ2n) is 7.56. The van der Waals surface area contributed by atoms with Gasteiger partial charge in [-0.05, 0) is 50.4 Å². The number of hydrogen-bond acceptors (Lipinski definition) is 5. The van der Waals surface area contributed by atoms with E-state index in [1.54, 1.807) is 0 Å². The molecule has 0 aromatic rings. The van der Waals surface area contributed by atoms with Crippen LogP contribution in [0, 0.1) is 17.3 Å².